The Morgan fingerprint density at radius 2 is 2.41 bits per heavy atom. The van der Waals surface area contributed by atoms with E-state index in [0.717, 1.165) is 10.7 Å². The molecule has 1 saturated heterocycles. The topological polar surface area (TPSA) is 15.8 Å². The van der Waals surface area contributed by atoms with E-state index in [0.29, 0.717) is 0 Å². The highest BCUT2D eigenvalue weighted by atomic mass is 35.5. The van der Waals surface area contributed by atoms with Crippen LogP contribution in [-0.4, -0.2) is 23.1 Å². The summed E-state index contributed by atoms with van der Waals surface area (Å²) in [5, 5.41) is 2.16. The van der Waals surface area contributed by atoms with Crippen molar-refractivity contribution in [2.24, 2.45) is 0 Å². The van der Waals surface area contributed by atoms with Crippen molar-refractivity contribution in [2.75, 3.05) is 12.3 Å². The summed E-state index contributed by atoms with van der Waals surface area (Å²) in [5.41, 5.74) is 4.90. The van der Waals surface area contributed by atoms with Gasteiger partial charge < -0.3 is 4.98 Å². The molecule has 1 aromatic carbocycles. The van der Waals surface area contributed by atoms with E-state index in [-0.39, 0.29) is 0 Å². The lowest BCUT2D eigenvalue weighted by Crippen LogP contribution is -1.83. The zero-order valence-electron chi connectivity index (χ0n) is 9.41. The van der Waals surface area contributed by atoms with Gasteiger partial charge in [0.25, 0.3) is 0 Å². The Bertz CT molecular complexity index is 710. The molecule has 2 aliphatic heterocycles. The highest BCUT2D eigenvalue weighted by molar-refractivity contribution is 7.83. The third-order valence-electron chi connectivity index (χ3n) is 4.02. The molecule has 1 N–H and O–H groups in total. The highest BCUT2D eigenvalue weighted by Gasteiger charge is 2.50. The van der Waals surface area contributed by atoms with Gasteiger partial charge in [-0.15, -0.1) is 6.58 Å². The maximum atomic E-state index is 6.10. The fraction of sp³-hybridized carbons (Fsp3) is 0.214. The molecular formula is C14H13ClNP. The monoisotopic (exact) mass is 261 g/mol. The first kappa shape index (κ1) is 10.1. The standard InChI is InChI=1S/C14H13ClNP/c1-2-5-17-7-12-14(13(17)8-17)10-6-9(15)3-4-11(10)16-12/h2-4,6-7,13,16H,1,5,8H2. The van der Waals surface area contributed by atoms with Gasteiger partial charge in [0, 0.05) is 27.3 Å². The Hall–Kier alpha value is -0.910. The van der Waals surface area contributed by atoms with Crippen LogP contribution in [0, 0.1) is 0 Å². The van der Waals surface area contributed by atoms with Crippen LogP contribution in [0.1, 0.15) is 16.9 Å². The third kappa shape index (κ3) is 1.22. The summed E-state index contributed by atoms with van der Waals surface area (Å²) in [6.45, 7) is 3.07. The van der Waals surface area contributed by atoms with Crippen LogP contribution in [0.4, 0.5) is 0 Å². The van der Waals surface area contributed by atoms with Crippen LogP contribution in [0.2, 0.25) is 5.02 Å². The summed E-state index contributed by atoms with van der Waals surface area (Å²) < 4.78 is 0. The first-order valence-electron chi connectivity index (χ1n) is 5.88. The van der Waals surface area contributed by atoms with Crippen molar-refractivity contribution >= 4 is 35.2 Å². The van der Waals surface area contributed by atoms with E-state index in [9.17, 15) is 0 Å². The minimum absolute atomic E-state index is 0.794. The molecule has 2 unspecified atom stereocenters. The highest BCUT2D eigenvalue weighted by Crippen LogP contribution is 2.81. The molecule has 0 saturated carbocycles. The largest absolute Gasteiger partial charge is 0.355 e. The Morgan fingerprint density at radius 1 is 1.53 bits per heavy atom. The van der Waals surface area contributed by atoms with Gasteiger partial charge in [-0.25, -0.2) is 0 Å². The van der Waals surface area contributed by atoms with Crippen LogP contribution in [0.3, 0.4) is 0 Å². The first-order valence-corrected chi connectivity index (χ1v) is 8.55. The Kier molecular flexibility index (Phi) is 1.83. The number of hydrogen-bond acceptors (Lipinski definition) is 0. The molecule has 86 valence electrons. The number of hydrogen-bond donors (Lipinski definition) is 1. The molecule has 1 nitrogen and oxygen atoms in total. The second-order valence-electron chi connectivity index (χ2n) is 5.04. The smallest absolute Gasteiger partial charge is 0.0462 e. The van der Waals surface area contributed by atoms with Crippen molar-refractivity contribution in [1.29, 1.82) is 0 Å². The number of allylic oxidation sites excluding steroid dienone is 1. The van der Waals surface area contributed by atoms with Gasteiger partial charge in [0.2, 0.25) is 0 Å². The first-order chi connectivity index (χ1) is 8.23. The van der Waals surface area contributed by atoms with Crippen molar-refractivity contribution in [2.45, 2.75) is 5.66 Å². The Balaban J connectivity index is 1.96. The summed E-state index contributed by atoms with van der Waals surface area (Å²) in [6.07, 6.45) is 4.67. The summed E-state index contributed by atoms with van der Waals surface area (Å²) in [4.78, 5) is 3.53. The number of aromatic nitrogens is 1. The maximum absolute atomic E-state index is 6.10. The lowest BCUT2D eigenvalue weighted by molar-refractivity contribution is 1.24. The van der Waals surface area contributed by atoms with Crippen molar-refractivity contribution in [3.05, 3.63) is 47.1 Å². The Labute approximate surface area is 105 Å². The predicted molar refractivity (Wildman–Crippen MR) is 78.1 cm³/mol. The van der Waals surface area contributed by atoms with E-state index in [1.165, 1.54) is 34.5 Å². The zero-order chi connectivity index (χ0) is 11.6. The van der Waals surface area contributed by atoms with Crippen molar-refractivity contribution in [3.63, 3.8) is 0 Å². The molecule has 3 heteroatoms. The minimum Gasteiger partial charge on any atom is -0.355 e. The van der Waals surface area contributed by atoms with E-state index in [2.05, 4.69) is 35.6 Å². The lowest BCUT2D eigenvalue weighted by Gasteiger charge is -1.98. The van der Waals surface area contributed by atoms with E-state index < -0.39 is 6.89 Å². The average Bonchev–Trinajstić information content (AvgIpc) is 2.74. The molecule has 2 atom stereocenters. The van der Waals surface area contributed by atoms with E-state index in [4.69, 9.17) is 11.6 Å². The van der Waals surface area contributed by atoms with E-state index >= 15 is 0 Å². The molecule has 3 heterocycles. The fourth-order valence-corrected chi connectivity index (χ4v) is 7.50. The average molecular weight is 262 g/mol. The van der Waals surface area contributed by atoms with Crippen LogP contribution >= 0.6 is 18.5 Å². The second-order valence-corrected chi connectivity index (χ2v) is 9.30. The molecule has 4 rings (SSSR count). The molecule has 1 aromatic heterocycles. The number of halogens is 1. The van der Waals surface area contributed by atoms with Gasteiger partial charge in [0.05, 0.1) is 0 Å². The number of H-pyrrole nitrogens is 1. The molecule has 17 heavy (non-hydrogen) atoms. The molecule has 2 aromatic rings. The summed E-state index contributed by atoms with van der Waals surface area (Å²) in [7, 11) is 0. The molecule has 1 fully saturated rings. The SMILES string of the molecule is C=CCP12=Cc3[nH]c4ccc(Cl)cc4c3C1C2. The lowest BCUT2D eigenvalue weighted by atomic mass is 10.1. The maximum Gasteiger partial charge on any atom is 0.0462 e. The van der Waals surface area contributed by atoms with Crippen LogP contribution in [-0.2, 0) is 0 Å². The van der Waals surface area contributed by atoms with Crippen LogP contribution in [0.5, 0.6) is 0 Å². The van der Waals surface area contributed by atoms with Gasteiger partial charge in [0.1, 0.15) is 0 Å². The summed E-state index contributed by atoms with van der Waals surface area (Å²) in [6, 6.07) is 6.14. The van der Waals surface area contributed by atoms with Gasteiger partial charge in [0.15, 0.2) is 0 Å². The second kappa shape index (κ2) is 3.10. The van der Waals surface area contributed by atoms with Gasteiger partial charge in [-0.3, -0.25) is 0 Å². The molecule has 0 bridgehead atoms. The van der Waals surface area contributed by atoms with Gasteiger partial charge in [-0.1, -0.05) is 24.6 Å². The van der Waals surface area contributed by atoms with E-state index in [1.807, 2.05) is 6.07 Å². The zero-order valence-corrected chi connectivity index (χ0v) is 11.1. The van der Waals surface area contributed by atoms with Crippen molar-refractivity contribution in [1.82, 2.24) is 4.98 Å². The molecular weight excluding hydrogens is 249 g/mol. The summed E-state index contributed by atoms with van der Waals surface area (Å²) in [5.74, 6) is 2.52. The van der Waals surface area contributed by atoms with Crippen molar-refractivity contribution < 1.29 is 0 Å². The predicted octanol–water partition coefficient (Wildman–Crippen LogP) is 4.24. The number of fused-ring (bicyclic) bond motifs is 5. The number of benzene rings is 1. The molecule has 0 aliphatic carbocycles. The fourth-order valence-electron chi connectivity index (χ4n) is 3.18. The molecule has 0 amide bonds. The van der Waals surface area contributed by atoms with Gasteiger partial charge in [-0.05, 0) is 41.9 Å². The normalized spacial score (nSPS) is 28.6. The Morgan fingerprint density at radius 3 is 3.24 bits per heavy atom. The quantitative estimate of drug-likeness (QED) is 0.615. The van der Waals surface area contributed by atoms with Crippen LogP contribution in [0.15, 0.2) is 30.9 Å². The summed E-state index contributed by atoms with van der Waals surface area (Å²) >= 11 is 6.10. The van der Waals surface area contributed by atoms with Gasteiger partial charge >= 0.3 is 0 Å². The minimum atomic E-state index is -0.824. The van der Waals surface area contributed by atoms with Crippen molar-refractivity contribution in [3.8, 4) is 0 Å². The van der Waals surface area contributed by atoms with Crippen LogP contribution < -0.4 is 0 Å². The number of rotatable bonds is 2. The molecule has 0 radical (unpaired) electrons. The molecule has 2 aliphatic rings. The van der Waals surface area contributed by atoms with Crippen LogP contribution in [0.25, 0.3) is 10.9 Å². The van der Waals surface area contributed by atoms with Gasteiger partial charge in [-0.2, -0.15) is 0 Å². The number of aromatic amines is 1. The van der Waals surface area contributed by atoms with E-state index in [1.54, 1.807) is 0 Å². The number of nitrogens with one attached hydrogen (secondary N) is 1. The third-order valence-corrected chi connectivity index (χ3v) is 8.22. The molecule has 0 spiro atoms.